The Morgan fingerprint density at radius 3 is 2.40 bits per heavy atom. The number of aliphatic hydroxyl groups is 1. The fraction of sp³-hybridized carbons (Fsp3) is 0.340. The molecule has 0 spiro atoms. The van der Waals surface area contributed by atoms with Gasteiger partial charge < -0.3 is 44.0 Å². The lowest BCUT2D eigenvalue weighted by atomic mass is 9.85. The normalized spacial score (nSPS) is 14.4. The maximum absolute atomic E-state index is 13.4. The number of aromatic nitrogens is 6. The number of fused-ring (bicyclic) bond motifs is 6. The molecule has 0 radical (unpaired) electrons. The van der Waals surface area contributed by atoms with Crippen molar-refractivity contribution in [2.45, 2.75) is 91.5 Å². The molecule has 0 amide bonds. The summed E-state index contributed by atoms with van der Waals surface area (Å²) >= 11 is 0. The van der Waals surface area contributed by atoms with E-state index in [0.29, 0.717) is 70.4 Å². The summed E-state index contributed by atoms with van der Waals surface area (Å²) < 4.78 is 15.8. The molecule has 0 saturated carbocycles. The number of unbranched alkanes of at least 4 members (excludes halogenated alkanes) is 1. The third kappa shape index (κ3) is 9.37. The minimum Gasteiger partial charge on any atom is -0.508 e. The van der Waals surface area contributed by atoms with Gasteiger partial charge in [-0.15, -0.1) is 0 Å². The number of aliphatic hydroxyl groups excluding tert-OH is 1. The van der Waals surface area contributed by atoms with Crippen LogP contribution in [0.4, 0.5) is 0 Å². The number of pyridine rings is 2. The molecule has 1 unspecified atom stereocenters. The van der Waals surface area contributed by atoms with Gasteiger partial charge in [0.25, 0.3) is 12.0 Å². The molecule has 7 aromatic rings. The number of cyclic esters (lactones) is 1. The number of aryl methyl sites for hydroxylation is 1. The second-order valence-electron chi connectivity index (χ2n) is 16.2. The number of benzene rings is 3. The number of carbonyl (C=O) groups is 3. The number of phenols is 2. The maximum atomic E-state index is 13.4. The largest absolute Gasteiger partial charge is 0.508 e. The molecule has 6 heterocycles. The van der Waals surface area contributed by atoms with Crippen LogP contribution in [-0.4, -0.2) is 83.6 Å². The van der Waals surface area contributed by atoms with Gasteiger partial charge in [0.15, 0.2) is 5.82 Å². The summed E-state index contributed by atoms with van der Waals surface area (Å²) in [6, 6.07) is 20.1. The number of carbonyl (C=O) groups excluding carboxylic acids is 3. The van der Waals surface area contributed by atoms with Gasteiger partial charge in [-0.05, 0) is 104 Å². The Balaban J connectivity index is 0.000000195. The van der Waals surface area contributed by atoms with E-state index in [1.807, 2.05) is 63.5 Å². The number of H-pyrrole nitrogens is 1. The van der Waals surface area contributed by atoms with Gasteiger partial charge in [0, 0.05) is 60.2 Å². The lowest BCUT2D eigenvalue weighted by Gasteiger charge is -2.34. The van der Waals surface area contributed by atoms with Crippen molar-refractivity contribution in [1.82, 2.24) is 34.2 Å². The highest BCUT2D eigenvalue weighted by molar-refractivity contribution is 5.90. The number of hydrogen-bond acceptors (Lipinski definition) is 13. The van der Waals surface area contributed by atoms with E-state index < -0.39 is 11.6 Å². The number of nitrogens with zero attached hydrogens (tertiary/aromatic N) is 5. The smallest absolute Gasteiger partial charge is 0.355 e. The van der Waals surface area contributed by atoms with E-state index in [2.05, 4.69) is 33.9 Å². The molecule has 3 aromatic carbocycles. The minimum absolute atomic E-state index is 0.0916. The van der Waals surface area contributed by atoms with Gasteiger partial charge in [-0.25, -0.2) is 24.2 Å². The van der Waals surface area contributed by atoms with Gasteiger partial charge >= 0.3 is 11.7 Å². The molecule has 9 rings (SSSR count). The van der Waals surface area contributed by atoms with Crippen LogP contribution in [0.15, 0.2) is 82.5 Å². The zero-order chi connectivity index (χ0) is 48.6. The third-order valence-electron chi connectivity index (χ3n) is 12.0. The summed E-state index contributed by atoms with van der Waals surface area (Å²) in [5.41, 5.74) is 5.63. The Morgan fingerprint density at radius 1 is 0.970 bits per heavy atom. The molecule has 0 bridgehead atoms. The molecule has 5 N–H and O–H groups in total. The van der Waals surface area contributed by atoms with E-state index >= 15 is 0 Å². The first-order valence-electron chi connectivity index (χ1n) is 22.2. The number of aromatic amines is 1. The topological polar surface area (TPSA) is 233 Å². The van der Waals surface area contributed by atoms with Crippen molar-refractivity contribution < 1.29 is 39.2 Å². The molecule has 352 valence electrons. The number of ether oxygens (including phenoxy) is 2. The molecule has 17 nitrogen and oxygen atoms in total. The fourth-order valence-electron chi connectivity index (χ4n) is 8.50. The lowest BCUT2D eigenvalue weighted by molar-refractivity contribution is -0.182. The van der Waals surface area contributed by atoms with Crippen LogP contribution in [-0.2, 0) is 55.6 Å². The summed E-state index contributed by atoms with van der Waals surface area (Å²) in [4.78, 5) is 64.0. The van der Waals surface area contributed by atoms with Crippen molar-refractivity contribution >= 4 is 40.5 Å². The number of aldehydes is 1. The van der Waals surface area contributed by atoms with E-state index in [-0.39, 0.29) is 42.2 Å². The summed E-state index contributed by atoms with van der Waals surface area (Å²) in [6.07, 6.45) is 5.49. The van der Waals surface area contributed by atoms with Crippen LogP contribution in [0.2, 0.25) is 0 Å². The monoisotopic (exact) mass is 915 g/mol. The van der Waals surface area contributed by atoms with Crippen molar-refractivity contribution in [1.29, 1.82) is 0 Å². The zero-order valence-electron chi connectivity index (χ0n) is 38.8. The standard InChI is InChI=1S/C23H20N2O6.C22H25N5O2.C4H8O.CH4O/c1-3-13-14-7-12(27)5-6-18(14)24-20-15(13)9-25-19(20)8-17-16(21(25)28)10-30-22(29)23(17,4-2)31-11-26;1-14(2)15-4-7-20(28)18(13-15)21-24-25-22(29)27(21)17-5-6-19-16(12-17)8-10-26(19)11-9-23-3;1-2-3-4-5;1-2/h5-8,11,27H,3-4,9-10H2,1-2H3;4-8,10,12-14,23,28H,9,11H2,1-3H3,(H,25,29);4H,2-3H2,1H3;2H,1H3. The van der Waals surface area contributed by atoms with Crippen LogP contribution >= 0.6 is 0 Å². The number of nitrogens with one attached hydrogen (secondary N) is 2. The maximum Gasteiger partial charge on any atom is 0.355 e. The van der Waals surface area contributed by atoms with E-state index in [1.54, 1.807) is 41.8 Å². The molecule has 4 aromatic heterocycles. The van der Waals surface area contributed by atoms with Crippen LogP contribution < -0.4 is 16.6 Å². The van der Waals surface area contributed by atoms with Crippen LogP contribution in [0.25, 0.3) is 50.3 Å². The number of hydrogen-bond donors (Lipinski definition) is 5. The minimum atomic E-state index is -1.65. The average molecular weight is 916 g/mol. The van der Waals surface area contributed by atoms with Crippen molar-refractivity contribution in [3.8, 4) is 40.0 Å². The Hall–Kier alpha value is -7.37. The number of aromatic hydroxyl groups is 2. The SMILES string of the molecule is CCCC=O.CCc1c2c(nc3ccc(O)cc13)-c1cc3c(c(=O)n1C2)COC(=O)C3(CC)OC=O.CNCCn1ccc2cc(-n3c(-c4cc(C(C)C)ccc4O)n[nH]c3=O)ccc21.CO. The molecule has 67 heavy (non-hydrogen) atoms. The number of rotatable bonds is 12. The lowest BCUT2D eigenvalue weighted by Crippen LogP contribution is -2.46. The quantitative estimate of drug-likeness (QED) is 0.0665. The summed E-state index contributed by atoms with van der Waals surface area (Å²) in [7, 11) is 2.93. The second kappa shape index (κ2) is 21.3. The molecule has 1 atom stereocenters. The molecular formula is C50H57N7O10. The van der Waals surface area contributed by atoms with E-state index in [9.17, 15) is 34.2 Å². The molecule has 0 aliphatic carbocycles. The molecule has 0 fully saturated rings. The highest BCUT2D eigenvalue weighted by Crippen LogP contribution is 2.42. The van der Waals surface area contributed by atoms with Crippen LogP contribution in [0.1, 0.15) is 87.6 Å². The first kappa shape index (κ1) is 49.1. The van der Waals surface area contributed by atoms with Crippen molar-refractivity contribution in [2.75, 3.05) is 20.7 Å². The molecule has 17 heteroatoms. The van der Waals surface area contributed by atoms with Crippen LogP contribution in [0.3, 0.4) is 0 Å². The first-order valence-corrected chi connectivity index (χ1v) is 22.2. The predicted octanol–water partition coefficient (Wildman–Crippen LogP) is 6.35. The summed E-state index contributed by atoms with van der Waals surface area (Å²) in [6.45, 7) is 12.0. The van der Waals surface area contributed by atoms with Gasteiger partial charge in [0.1, 0.15) is 24.4 Å². The Labute approximate surface area is 386 Å². The van der Waals surface area contributed by atoms with Gasteiger partial charge in [0.05, 0.1) is 40.3 Å². The molecule has 0 saturated heterocycles. The molecule has 2 aliphatic heterocycles. The number of phenolic OH excluding ortho intramolecular Hbond substituents is 2. The summed E-state index contributed by atoms with van der Waals surface area (Å²) in [5.74, 6) is 0.245. The number of esters is 1. The highest BCUT2D eigenvalue weighted by Gasteiger charge is 2.49. The second-order valence-corrected chi connectivity index (χ2v) is 16.2. The van der Waals surface area contributed by atoms with Gasteiger partial charge in [0.2, 0.25) is 5.60 Å². The first-order chi connectivity index (χ1) is 32.3. The van der Waals surface area contributed by atoms with Crippen LogP contribution in [0, 0.1) is 0 Å². The van der Waals surface area contributed by atoms with Crippen molar-refractivity contribution in [3.05, 3.63) is 122 Å². The predicted molar refractivity (Wildman–Crippen MR) is 254 cm³/mol. The van der Waals surface area contributed by atoms with Crippen molar-refractivity contribution in [2.24, 2.45) is 0 Å². The molecule has 2 aliphatic rings. The Morgan fingerprint density at radius 2 is 1.75 bits per heavy atom. The highest BCUT2D eigenvalue weighted by atomic mass is 16.6. The van der Waals surface area contributed by atoms with Gasteiger partial charge in [-0.2, -0.15) is 5.10 Å². The summed E-state index contributed by atoms with van der Waals surface area (Å²) in [5, 5.41) is 39.1. The fourth-order valence-corrected chi connectivity index (χ4v) is 8.50. The zero-order valence-corrected chi connectivity index (χ0v) is 38.8. The van der Waals surface area contributed by atoms with Crippen LogP contribution in [0.5, 0.6) is 11.5 Å². The van der Waals surface area contributed by atoms with Gasteiger partial charge in [-0.1, -0.05) is 40.7 Å². The average Bonchev–Trinajstić information content (AvgIpc) is 4.04. The molecular weight excluding hydrogens is 859 g/mol. The van der Waals surface area contributed by atoms with E-state index in [1.165, 1.54) is 4.57 Å². The third-order valence-corrected chi connectivity index (χ3v) is 12.0. The van der Waals surface area contributed by atoms with E-state index in [4.69, 9.17) is 19.6 Å². The number of likely N-dealkylation sites (N-methyl/N-ethyl adjacent to an activating group) is 1. The van der Waals surface area contributed by atoms with Crippen molar-refractivity contribution in [3.63, 3.8) is 0 Å². The Kier molecular flexibility index (Phi) is 15.6. The van der Waals surface area contributed by atoms with E-state index in [0.717, 1.165) is 65.9 Å². The Bertz CT molecular complexity index is 3060. The van der Waals surface area contributed by atoms with Gasteiger partial charge in [-0.3, -0.25) is 9.59 Å².